The molecule has 0 aliphatic rings. The minimum absolute atomic E-state index is 0.00324. The molecule has 0 spiro atoms. The molecule has 0 saturated heterocycles. The van der Waals surface area contributed by atoms with Crippen molar-refractivity contribution in [3.8, 4) is 21.3 Å². The summed E-state index contributed by atoms with van der Waals surface area (Å²) in [7, 11) is -3.19. The van der Waals surface area contributed by atoms with Crippen LogP contribution in [0, 0.1) is 5.82 Å². The Kier molecular flexibility index (Phi) is 4.72. The first-order valence-electron chi connectivity index (χ1n) is 6.79. The summed E-state index contributed by atoms with van der Waals surface area (Å²) in [6.07, 6.45) is 3.66. The third-order valence-corrected chi connectivity index (χ3v) is 4.43. The van der Waals surface area contributed by atoms with Gasteiger partial charge in [0, 0.05) is 18.0 Å². The Morgan fingerprint density at radius 1 is 1.24 bits per heavy atom. The van der Waals surface area contributed by atoms with Crippen molar-refractivity contribution < 1.29 is 18.3 Å². The quantitative estimate of drug-likeness (QED) is 0.635. The molecule has 11 heteroatoms. The summed E-state index contributed by atoms with van der Waals surface area (Å²) in [5, 5.41) is 8.87. The third-order valence-electron chi connectivity index (χ3n) is 2.86. The number of nitrogens with zero attached hydrogens (tertiary/aromatic N) is 4. The summed E-state index contributed by atoms with van der Waals surface area (Å²) >= 11 is 1.16. The number of halogens is 1. The number of hydrogen-bond acceptors (Lipinski definition) is 8. The number of amides is 1. The minimum Gasteiger partial charge on any atom is -0.282 e. The second kappa shape index (κ2) is 6.80. The summed E-state index contributed by atoms with van der Waals surface area (Å²) in [6, 6.07) is 5.95. The lowest BCUT2D eigenvalue weighted by Crippen LogP contribution is -2.27. The Bertz CT molecular complexity index is 929. The normalized spacial score (nSPS) is 12.0. The second-order valence-electron chi connectivity index (χ2n) is 4.98. The van der Waals surface area contributed by atoms with E-state index < -0.39 is 22.5 Å². The summed E-state index contributed by atoms with van der Waals surface area (Å²) in [5.74, 6) is -1.20. The zero-order valence-corrected chi connectivity index (χ0v) is 14.4. The van der Waals surface area contributed by atoms with Crippen LogP contribution < -0.4 is 4.72 Å². The fourth-order valence-corrected chi connectivity index (χ4v) is 3.13. The minimum atomic E-state index is -3.19. The van der Waals surface area contributed by atoms with Crippen molar-refractivity contribution in [1.82, 2.24) is 24.9 Å². The van der Waals surface area contributed by atoms with E-state index in [1.807, 2.05) is 0 Å². The first-order valence-corrected chi connectivity index (χ1v) is 9.56. The van der Waals surface area contributed by atoms with Gasteiger partial charge in [-0.05, 0) is 18.2 Å². The van der Waals surface area contributed by atoms with Gasteiger partial charge in [0.05, 0.1) is 6.20 Å². The van der Waals surface area contributed by atoms with Crippen LogP contribution in [0.2, 0.25) is 0 Å². The van der Waals surface area contributed by atoms with Crippen molar-refractivity contribution in [2.45, 2.75) is 0 Å². The molecule has 0 aliphatic heterocycles. The Morgan fingerprint density at radius 2 is 2.00 bits per heavy atom. The third kappa shape index (κ3) is 4.33. The molecule has 130 valence electrons. The summed E-state index contributed by atoms with van der Waals surface area (Å²) in [4.78, 5) is 19.9. The fraction of sp³-hybridized carbons (Fsp3) is 0.0714. The second-order valence-corrected chi connectivity index (χ2v) is 7.83. The Balaban J connectivity index is 1.88. The van der Waals surface area contributed by atoms with Gasteiger partial charge in [-0.15, -0.1) is 21.0 Å². The van der Waals surface area contributed by atoms with E-state index in [1.165, 1.54) is 18.3 Å². The smallest absolute Gasteiger partial charge is 0.282 e. The molecule has 3 aromatic heterocycles. The predicted octanol–water partition coefficient (Wildman–Crippen LogP) is 2.83. The van der Waals surface area contributed by atoms with Crippen LogP contribution in [0.4, 0.5) is 4.39 Å². The van der Waals surface area contributed by atoms with Gasteiger partial charge in [-0.1, -0.05) is 17.4 Å². The van der Waals surface area contributed by atoms with Crippen molar-refractivity contribution in [2.24, 2.45) is 0 Å². The predicted molar refractivity (Wildman–Crippen MR) is 92.6 cm³/mol. The lowest BCUT2D eigenvalue weighted by Gasteiger charge is -2.26. The molecule has 0 bridgehead atoms. The molecule has 0 atom stereocenters. The summed E-state index contributed by atoms with van der Waals surface area (Å²) in [5.41, 5.74) is 0.870. The van der Waals surface area contributed by atoms with Crippen LogP contribution in [0.25, 0.3) is 21.3 Å². The van der Waals surface area contributed by atoms with E-state index in [0.29, 0.717) is 21.3 Å². The zero-order valence-electron chi connectivity index (χ0n) is 12.8. The van der Waals surface area contributed by atoms with Gasteiger partial charge in [-0.2, -0.15) is 0 Å². The number of carbonyl (C=O) groups excluding carboxylic acids is 1. The molecule has 0 aliphatic carbocycles. The molecule has 25 heavy (non-hydrogen) atoms. The van der Waals surface area contributed by atoms with Gasteiger partial charge in [-0.3, -0.25) is 18.9 Å². The maximum absolute atomic E-state index is 13.3. The average Bonchev–Trinajstić information content (AvgIpc) is 3.03. The number of hydrogen-bond donors (Lipinski definition) is 3. The maximum atomic E-state index is 13.3. The van der Waals surface area contributed by atoms with Gasteiger partial charge in [0.25, 0.3) is 5.91 Å². The monoisotopic (exact) mass is 381 g/mol. The highest BCUT2D eigenvalue weighted by molar-refractivity contribution is 8.22. The highest BCUT2D eigenvalue weighted by atomic mass is 32.3. The van der Waals surface area contributed by atoms with Crippen LogP contribution in [0.5, 0.6) is 0 Å². The van der Waals surface area contributed by atoms with E-state index in [1.54, 1.807) is 12.1 Å². The molecule has 0 saturated carbocycles. The number of aromatic nitrogens is 4. The standard InChI is InChI=1S/C14H12FN5O3S2/c1-25(22,23)20-12(21)10-3-2-4-11(17-10)14-19-18-13(24-14)8-5-9(15)7-16-6-8/h2-7,22-23H,1H3,(H,20,21). The lowest BCUT2D eigenvalue weighted by molar-refractivity contribution is 0.0973. The molecule has 3 heterocycles. The van der Waals surface area contributed by atoms with Crippen molar-refractivity contribution in [1.29, 1.82) is 0 Å². The van der Waals surface area contributed by atoms with Crippen molar-refractivity contribution in [3.05, 3.63) is 48.2 Å². The van der Waals surface area contributed by atoms with Crippen LogP contribution in [0.15, 0.2) is 36.7 Å². The molecule has 8 nitrogen and oxygen atoms in total. The Labute approximate surface area is 147 Å². The van der Waals surface area contributed by atoms with E-state index in [4.69, 9.17) is 0 Å². The fourth-order valence-electron chi connectivity index (χ4n) is 1.88. The lowest BCUT2D eigenvalue weighted by atomic mass is 10.3. The zero-order chi connectivity index (χ0) is 18.0. The van der Waals surface area contributed by atoms with Gasteiger partial charge >= 0.3 is 0 Å². The van der Waals surface area contributed by atoms with Crippen LogP contribution in [-0.2, 0) is 0 Å². The van der Waals surface area contributed by atoms with Crippen LogP contribution in [-0.4, -0.2) is 41.4 Å². The van der Waals surface area contributed by atoms with E-state index in [9.17, 15) is 18.3 Å². The van der Waals surface area contributed by atoms with E-state index in [2.05, 4.69) is 24.9 Å². The summed E-state index contributed by atoms with van der Waals surface area (Å²) in [6.45, 7) is 0. The maximum Gasteiger partial charge on any atom is 0.287 e. The Morgan fingerprint density at radius 3 is 2.72 bits per heavy atom. The molecular weight excluding hydrogens is 369 g/mol. The molecule has 3 rings (SSSR count). The Hall–Kier alpha value is -2.47. The first-order chi connectivity index (χ1) is 11.8. The summed E-state index contributed by atoms with van der Waals surface area (Å²) < 4.78 is 33.9. The molecule has 3 N–H and O–H groups in total. The number of pyridine rings is 2. The van der Waals surface area contributed by atoms with Crippen molar-refractivity contribution in [3.63, 3.8) is 0 Å². The van der Waals surface area contributed by atoms with Gasteiger partial charge in [0.15, 0.2) is 5.01 Å². The first kappa shape index (κ1) is 17.4. The van der Waals surface area contributed by atoms with E-state index in [-0.39, 0.29) is 5.69 Å². The number of rotatable bonds is 4. The molecule has 1 amide bonds. The van der Waals surface area contributed by atoms with Gasteiger partial charge < -0.3 is 0 Å². The van der Waals surface area contributed by atoms with Crippen LogP contribution >= 0.6 is 22.1 Å². The molecule has 0 aromatic carbocycles. The highest BCUT2D eigenvalue weighted by Crippen LogP contribution is 2.30. The number of nitrogens with one attached hydrogen (secondary N) is 1. The molecule has 0 unspecified atom stereocenters. The van der Waals surface area contributed by atoms with Gasteiger partial charge in [-0.25, -0.2) is 14.1 Å². The largest absolute Gasteiger partial charge is 0.287 e. The van der Waals surface area contributed by atoms with Crippen LogP contribution in [0.1, 0.15) is 10.5 Å². The van der Waals surface area contributed by atoms with Crippen molar-refractivity contribution in [2.75, 3.05) is 6.26 Å². The van der Waals surface area contributed by atoms with E-state index >= 15 is 0 Å². The topological polar surface area (TPSA) is 121 Å². The van der Waals surface area contributed by atoms with Gasteiger partial charge in [0.2, 0.25) is 0 Å². The number of carbonyl (C=O) groups is 1. The SMILES string of the molecule is CS(O)(O)NC(=O)c1cccc(-c2nnc(-c3cncc(F)c3)s2)n1. The average molecular weight is 381 g/mol. The molecular formula is C14H12FN5O3S2. The van der Waals surface area contributed by atoms with Gasteiger partial charge in [0.1, 0.15) is 22.2 Å². The molecule has 3 aromatic rings. The van der Waals surface area contributed by atoms with Crippen molar-refractivity contribution >= 4 is 28.0 Å². The van der Waals surface area contributed by atoms with E-state index in [0.717, 1.165) is 23.8 Å². The highest BCUT2D eigenvalue weighted by Gasteiger charge is 2.16. The molecule has 0 fully saturated rings. The van der Waals surface area contributed by atoms with Crippen LogP contribution in [0.3, 0.4) is 0 Å². The molecule has 0 radical (unpaired) electrons.